The van der Waals surface area contributed by atoms with E-state index in [1.807, 2.05) is 6.92 Å². The fraction of sp³-hybridized carbons (Fsp3) is 0.455. The van der Waals surface area contributed by atoms with Crippen molar-refractivity contribution in [1.29, 1.82) is 0 Å². The molecule has 96 valence electrons. The van der Waals surface area contributed by atoms with Crippen LogP contribution in [0.2, 0.25) is 0 Å². The molecule has 0 spiro atoms. The minimum Gasteiger partial charge on any atom is -0.385 e. The number of hydrogen-bond donors (Lipinski definition) is 1. The molecule has 6 heteroatoms. The zero-order valence-corrected chi connectivity index (χ0v) is 12.7. The van der Waals surface area contributed by atoms with Gasteiger partial charge in [0.1, 0.15) is 6.10 Å². The van der Waals surface area contributed by atoms with Crippen molar-refractivity contribution < 1.29 is 13.5 Å². The highest BCUT2D eigenvalue weighted by Crippen LogP contribution is 2.42. The molecule has 0 amide bonds. The summed E-state index contributed by atoms with van der Waals surface area (Å²) in [7, 11) is -3.62. The molecule has 0 aliphatic carbocycles. The summed E-state index contributed by atoms with van der Waals surface area (Å²) in [6.45, 7) is 3.39. The molecule has 0 fully saturated rings. The number of sulfone groups is 1. The lowest BCUT2D eigenvalue weighted by molar-refractivity contribution is 0.185. The molecular weight excluding hydrogens is 328 g/mol. The Morgan fingerprint density at radius 3 is 2.29 bits per heavy atom. The summed E-state index contributed by atoms with van der Waals surface area (Å²) in [5, 5.41) is 10.0. The largest absolute Gasteiger partial charge is 0.385 e. The average molecular weight is 342 g/mol. The van der Waals surface area contributed by atoms with Crippen LogP contribution in [0.15, 0.2) is 24.3 Å². The molecule has 1 aromatic carbocycles. The molecule has 1 rings (SSSR count). The van der Waals surface area contributed by atoms with E-state index in [1.165, 1.54) is 6.92 Å². The molecule has 3 nitrogen and oxygen atoms in total. The fourth-order valence-corrected chi connectivity index (χ4v) is 3.57. The summed E-state index contributed by atoms with van der Waals surface area (Å²) in [5.41, 5.74) is 1.48. The van der Waals surface area contributed by atoms with Crippen molar-refractivity contribution in [2.75, 3.05) is 5.75 Å². The number of hydrogen-bond acceptors (Lipinski definition) is 3. The SMILES string of the molecule is CCS(=O)(=O)C(Cl)(Br)C(O)c1ccc(C)cc1. The van der Waals surface area contributed by atoms with E-state index in [4.69, 9.17) is 11.6 Å². The third-order valence-electron chi connectivity index (χ3n) is 2.51. The van der Waals surface area contributed by atoms with Crippen molar-refractivity contribution in [1.82, 2.24) is 0 Å². The van der Waals surface area contributed by atoms with Crippen LogP contribution in [0.3, 0.4) is 0 Å². The number of aliphatic hydroxyl groups excluding tert-OH is 1. The van der Waals surface area contributed by atoms with E-state index in [0.29, 0.717) is 5.56 Å². The van der Waals surface area contributed by atoms with E-state index in [0.717, 1.165) is 5.56 Å². The summed E-state index contributed by atoms with van der Waals surface area (Å²) in [6, 6.07) is 6.89. The lowest BCUT2D eigenvalue weighted by Crippen LogP contribution is -2.34. The van der Waals surface area contributed by atoms with Gasteiger partial charge in [-0.15, -0.1) is 0 Å². The molecule has 1 N–H and O–H groups in total. The molecule has 1 aromatic rings. The summed E-state index contributed by atoms with van der Waals surface area (Å²) < 4.78 is 21.6. The minimum atomic E-state index is -3.62. The van der Waals surface area contributed by atoms with E-state index < -0.39 is 19.1 Å². The Labute approximate surface area is 115 Å². The van der Waals surface area contributed by atoms with Crippen LogP contribution in [0.25, 0.3) is 0 Å². The van der Waals surface area contributed by atoms with Crippen LogP contribution in [0.4, 0.5) is 0 Å². The van der Waals surface area contributed by atoms with E-state index in [-0.39, 0.29) is 5.75 Å². The first-order valence-electron chi connectivity index (χ1n) is 5.07. The van der Waals surface area contributed by atoms with E-state index in [2.05, 4.69) is 15.9 Å². The highest BCUT2D eigenvalue weighted by atomic mass is 79.9. The second-order valence-electron chi connectivity index (χ2n) is 3.78. The summed E-state index contributed by atoms with van der Waals surface area (Å²) in [4.78, 5) is 0. The van der Waals surface area contributed by atoms with Gasteiger partial charge in [-0.2, -0.15) is 0 Å². The molecule has 0 saturated carbocycles. The van der Waals surface area contributed by atoms with E-state index in [1.54, 1.807) is 24.3 Å². The Hall–Kier alpha value is -0.100. The monoisotopic (exact) mass is 340 g/mol. The molecule has 0 aliphatic heterocycles. The van der Waals surface area contributed by atoms with Gasteiger partial charge < -0.3 is 5.11 Å². The highest BCUT2D eigenvalue weighted by Gasteiger charge is 2.45. The summed E-state index contributed by atoms with van der Waals surface area (Å²) in [5.74, 6) is -0.148. The van der Waals surface area contributed by atoms with Gasteiger partial charge in [0, 0.05) is 0 Å². The van der Waals surface area contributed by atoms with Crippen LogP contribution in [0, 0.1) is 6.92 Å². The topological polar surface area (TPSA) is 54.4 Å². The number of rotatable bonds is 4. The van der Waals surface area contributed by atoms with Crippen molar-refractivity contribution in [3.63, 3.8) is 0 Å². The smallest absolute Gasteiger partial charge is 0.229 e. The van der Waals surface area contributed by atoms with Crippen molar-refractivity contribution in [2.24, 2.45) is 0 Å². The van der Waals surface area contributed by atoms with Crippen molar-refractivity contribution in [2.45, 2.75) is 23.1 Å². The first-order chi connectivity index (χ1) is 7.72. The average Bonchev–Trinajstić information content (AvgIpc) is 2.28. The Morgan fingerprint density at radius 1 is 1.41 bits per heavy atom. The highest BCUT2D eigenvalue weighted by molar-refractivity contribution is 9.12. The Bertz CT molecular complexity index is 482. The lowest BCUT2D eigenvalue weighted by Gasteiger charge is -2.25. The number of benzene rings is 1. The predicted molar refractivity (Wildman–Crippen MR) is 73.1 cm³/mol. The van der Waals surface area contributed by atoms with Gasteiger partial charge in [-0.25, -0.2) is 8.42 Å². The van der Waals surface area contributed by atoms with Gasteiger partial charge in [0.05, 0.1) is 5.75 Å². The number of halogens is 2. The molecule has 0 saturated heterocycles. The second kappa shape index (κ2) is 5.26. The molecule has 0 aliphatic rings. The van der Waals surface area contributed by atoms with Crippen LogP contribution in [-0.4, -0.2) is 22.4 Å². The lowest BCUT2D eigenvalue weighted by atomic mass is 10.1. The van der Waals surface area contributed by atoms with Gasteiger partial charge in [0.2, 0.25) is 3.12 Å². The number of alkyl halides is 2. The van der Waals surface area contributed by atoms with Crippen molar-refractivity contribution in [3.05, 3.63) is 35.4 Å². The molecule has 2 atom stereocenters. The quantitative estimate of drug-likeness (QED) is 0.857. The van der Waals surface area contributed by atoms with E-state index >= 15 is 0 Å². The maximum atomic E-state index is 11.8. The maximum Gasteiger partial charge on any atom is 0.229 e. The van der Waals surface area contributed by atoms with Gasteiger partial charge >= 0.3 is 0 Å². The normalized spacial score (nSPS) is 17.5. The molecule has 0 bridgehead atoms. The second-order valence-corrected chi connectivity index (χ2v) is 9.28. The summed E-state index contributed by atoms with van der Waals surface area (Å²) in [6.07, 6.45) is -1.32. The van der Waals surface area contributed by atoms with Gasteiger partial charge in [0.15, 0.2) is 9.84 Å². The summed E-state index contributed by atoms with van der Waals surface area (Å²) >= 11 is 8.84. The maximum absolute atomic E-state index is 11.8. The van der Waals surface area contributed by atoms with Gasteiger partial charge in [-0.3, -0.25) is 0 Å². The molecule has 0 heterocycles. The third kappa shape index (κ3) is 3.02. The number of aliphatic hydroxyl groups is 1. The number of aryl methyl sites for hydroxylation is 1. The molecular formula is C11H14BrClO3S. The van der Waals surface area contributed by atoms with Gasteiger partial charge in [0.25, 0.3) is 0 Å². The van der Waals surface area contributed by atoms with Crippen molar-refractivity contribution >= 4 is 37.4 Å². The Morgan fingerprint density at radius 2 is 1.88 bits per heavy atom. The Kier molecular flexibility index (Phi) is 4.63. The van der Waals surface area contributed by atoms with Crippen LogP contribution >= 0.6 is 27.5 Å². The molecule has 0 aromatic heterocycles. The molecule has 17 heavy (non-hydrogen) atoms. The zero-order chi connectivity index (χ0) is 13.3. The van der Waals surface area contributed by atoms with Gasteiger partial charge in [-0.05, 0) is 28.4 Å². The zero-order valence-electron chi connectivity index (χ0n) is 9.52. The molecule has 0 radical (unpaired) electrons. The Balaban J connectivity index is 3.12. The standard InChI is InChI=1S/C11H14BrClO3S/c1-3-17(15,16)11(12,13)10(14)9-6-4-8(2)5-7-9/h4-7,10,14H,3H2,1-2H3. The van der Waals surface area contributed by atoms with E-state index in [9.17, 15) is 13.5 Å². The minimum absolute atomic E-state index is 0.148. The predicted octanol–water partition coefficient (Wildman–Crippen LogP) is 2.75. The molecule has 2 unspecified atom stereocenters. The first kappa shape index (κ1) is 15.0. The van der Waals surface area contributed by atoms with Crippen molar-refractivity contribution in [3.8, 4) is 0 Å². The van der Waals surface area contributed by atoms with Crippen LogP contribution in [-0.2, 0) is 9.84 Å². The first-order valence-corrected chi connectivity index (χ1v) is 7.89. The third-order valence-corrected chi connectivity index (χ3v) is 7.14. The van der Waals surface area contributed by atoms with Crippen LogP contribution < -0.4 is 0 Å². The van der Waals surface area contributed by atoms with Gasteiger partial charge in [-0.1, -0.05) is 48.4 Å². The van der Waals surface area contributed by atoms with Crippen LogP contribution in [0.5, 0.6) is 0 Å². The van der Waals surface area contributed by atoms with Crippen LogP contribution in [0.1, 0.15) is 24.2 Å². The fourth-order valence-electron chi connectivity index (χ4n) is 1.31.